The van der Waals surface area contributed by atoms with E-state index in [1.807, 2.05) is 0 Å². The molecule has 0 bridgehead atoms. The number of rotatable bonds is 7. The van der Waals surface area contributed by atoms with Gasteiger partial charge in [0.05, 0.1) is 5.54 Å². The molecule has 0 atom stereocenters. The summed E-state index contributed by atoms with van der Waals surface area (Å²) >= 11 is 0. The molecule has 3 rings (SSSR count). The molecular formula is C21H28N2O. The van der Waals surface area contributed by atoms with Gasteiger partial charge in [-0.05, 0) is 56.8 Å². The second kappa shape index (κ2) is 7.71. The molecule has 0 spiro atoms. The molecule has 2 aromatic rings. The molecule has 1 N–H and O–H groups in total. The van der Waals surface area contributed by atoms with E-state index in [2.05, 4.69) is 78.9 Å². The minimum atomic E-state index is 0.0779. The number of hydrogen-bond acceptors (Lipinski definition) is 3. The van der Waals surface area contributed by atoms with Crippen LogP contribution in [-0.4, -0.2) is 32.1 Å². The molecule has 1 saturated carbocycles. The number of anilines is 1. The first kappa shape index (κ1) is 16.8. The molecule has 24 heavy (non-hydrogen) atoms. The number of nitrogens with one attached hydrogen (secondary N) is 1. The smallest absolute Gasteiger partial charge is 0.119 e. The topological polar surface area (TPSA) is 24.5 Å². The Bertz CT molecular complexity index is 616. The first-order chi connectivity index (χ1) is 11.7. The molecule has 128 valence electrons. The van der Waals surface area contributed by atoms with E-state index in [1.54, 1.807) is 0 Å². The second-order valence-electron chi connectivity index (χ2n) is 6.96. The summed E-state index contributed by atoms with van der Waals surface area (Å²) in [5, 5.41) is 3.81. The van der Waals surface area contributed by atoms with E-state index in [0.29, 0.717) is 6.61 Å². The first-order valence-corrected chi connectivity index (χ1v) is 8.89. The highest BCUT2D eigenvalue weighted by atomic mass is 16.5. The van der Waals surface area contributed by atoms with Gasteiger partial charge in [-0.3, -0.25) is 0 Å². The summed E-state index contributed by atoms with van der Waals surface area (Å²) in [6.45, 7) is 1.64. The lowest BCUT2D eigenvalue weighted by Gasteiger charge is -2.32. The molecule has 0 radical (unpaired) electrons. The summed E-state index contributed by atoms with van der Waals surface area (Å²) in [5.74, 6) is 0.933. The van der Waals surface area contributed by atoms with Gasteiger partial charge in [-0.15, -0.1) is 0 Å². The van der Waals surface area contributed by atoms with Crippen molar-refractivity contribution in [3.05, 3.63) is 60.2 Å². The van der Waals surface area contributed by atoms with Crippen molar-refractivity contribution in [2.45, 2.75) is 31.2 Å². The molecule has 2 aromatic carbocycles. The predicted molar refractivity (Wildman–Crippen MR) is 101 cm³/mol. The number of nitrogens with zero attached hydrogens (tertiary/aromatic N) is 1. The Morgan fingerprint density at radius 2 is 1.62 bits per heavy atom. The maximum absolute atomic E-state index is 5.78. The highest BCUT2D eigenvalue weighted by molar-refractivity contribution is 5.50. The Labute approximate surface area is 145 Å². The van der Waals surface area contributed by atoms with Crippen LogP contribution in [0.25, 0.3) is 0 Å². The summed E-state index contributed by atoms with van der Waals surface area (Å²) in [5.41, 5.74) is 2.64. The Hall–Kier alpha value is -2.00. The molecule has 3 nitrogen and oxygen atoms in total. The van der Waals surface area contributed by atoms with E-state index in [0.717, 1.165) is 12.3 Å². The number of likely N-dealkylation sites (N-methyl/N-ethyl adjacent to an activating group) is 1. The fourth-order valence-electron chi connectivity index (χ4n) is 3.48. The normalized spacial score (nSPS) is 16.3. The molecule has 0 heterocycles. The van der Waals surface area contributed by atoms with Crippen LogP contribution >= 0.6 is 0 Å². The zero-order valence-corrected chi connectivity index (χ0v) is 14.8. The lowest BCUT2D eigenvalue weighted by Crippen LogP contribution is -2.32. The predicted octanol–water partition coefficient (Wildman–Crippen LogP) is 4.51. The van der Waals surface area contributed by atoms with Gasteiger partial charge >= 0.3 is 0 Å². The average Bonchev–Trinajstić information content (AvgIpc) is 3.07. The lowest BCUT2D eigenvalue weighted by atomic mass is 9.88. The number of ether oxygens (including phenoxy) is 1. The second-order valence-corrected chi connectivity index (χ2v) is 6.96. The largest absolute Gasteiger partial charge is 0.492 e. The van der Waals surface area contributed by atoms with Gasteiger partial charge in [0.1, 0.15) is 12.4 Å². The quantitative estimate of drug-likeness (QED) is 0.811. The molecule has 0 amide bonds. The third-order valence-corrected chi connectivity index (χ3v) is 4.83. The monoisotopic (exact) mass is 324 g/mol. The zero-order chi connectivity index (χ0) is 16.8. The number of benzene rings is 2. The van der Waals surface area contributed by atoms with Gasteiger partial charge in [0.2, 0.25) is 0 Å². The molecule has 0 saturated heterocycles. The molecular weight excluding hydrogens is 296 g/mol. The Balaban J connectivity index is 1.68. The van der Waals surface area contributed by atoms with Crippen LogP contribution in [0.1, 0.15) is 31.2 Å². The van der Waals surface area contributed by atoms with Crippen molar-refractivity contribution in [1.29, 1.82) is 0 Å². The Morgan fingerprint density at radius 1 is 0.958 bits per heavy atom. The van der Waals surface area contributed by atoms with Crippen LogP contribution in [0.4, 0.5) is 5.69 Å². The molecule has 3 heteroatoms. The van der Waals surface area contributed by atoms with Crippen molar-refractivity contribution >= 4 is 5.69 Å². The summed E-state index contributed by atoms with van der Waals surface area (Å²) in [6.07, 6.45) is 4.96. The minimum absolute atomic E-state index is 0.0779. The highest BCUT2D eigenvalue weighted by Crippen LogP contribution is 2.41. The molecule has 0 aliphatic heterocycles. The van der Waals surface area contributed by atoms with Crippen LogP contribution in [0.2, 0.25) is 0 Å². The van der Waals surface area contributed by atoms with Crippen LogP contribution in [0.15, 0.2) is 54.6 Å². The van der Waals surface area contributed by atoms with Gasteiger partial charge in [-0.1, -0.05) is 43.2 Å². The van der Waals surface area contributed by atoms with Gasteiger partial charge in [-0.25, -0.2) is 0 Å². The van der Waals surface area contributed by atoms with Crippen LogP contribution in [0, 0.1) is 0 Å². The maximum atomic E-state index is 5.78. The highest BCUT2D eigenvalue weighted by Gasteiger charge is 2.35. The summed E-state index contributed by atoms with van der Waals surface area (Å²) in [7, 11) is 4.11. The third kappa shape index (κ3) is 4.09. The Kier molecular flexibility index (Phi) is 5.41. The van der Waals surface area contributed by atoms with Crippen LogP contribution < -0.4 is 10.1 Å². The van der Waals surface area contributed by atoms with Gasteiger partial charge in [0.25, 0.3) is 0 Å². The van der Waals surface area contributed by atoms with E-state index in [-0.39, 0.29) is 5.54 Å². The molecule has 1 aliphatic rings. The molecule has 1 aliphatic carbocycles. The van der Waals surface area contributed by atoms with Crippen LogP contribution in [-0.2, 0) is 5.54 Å². The summed E-state index contributed by atoms with van der Waals surface area (Å²) in [4.78, 5) is 2.12. The zero-order valence-electron chi connectivity index (χ0n) is 14.8. The van der Waals surface area contributed by atoms with Gasteiger partial charge in [-0.2, -0.15) is 0 Å². The Morgan fingerprint density at radius 3 is 2.25 bits per heavy atom. The molecule has 1 fully saturated rings. The van der Waals surface area contributed by atoms with Crippen molar-refractivity contribution in [3.8, 4) is 5.75 Å². The number of hydrogen-bond donors (Lipinski definition) is 1. The van der Waals surface area contributed by atoms with Crippen molar-refractivity contribution in [1.82, 2.24) is 4.90 Å². The fourth-order valence-corrected chi connectivity index (χ4v) is 3.48. The fraction of sp³-hybridized carbons (Fsp3) is 0.429. The standard InChI is InChI=1S/C21H28N2O/c1-23(2)16-17-24-20-12-10-19(11-13-20)22-21(14-6-7-15-21)18-8-4-3-5-9-18/h3-5,8-13,22H,6-7,14-17H2,1-2H3. The van der Waals surface area contributed by atoms with Crippen LogP contribution in [0.5, 0.6) is 5.75 Å². The third-order valence-electron chi connectivity index (χ3n) is 4.83. The van der Waals surface area contributed by atoms with E-state index in [1.165, 1.54) is 36.9 Å². The van der Waals surface area contributed by atoms with Gasteiger partial charge < -0.3 is 15.0 Å². The van der Waals surface area contributed by atoms with E-state index >= 15 is 0 Å². The van der Waals surface area contributed by atoms with Crippen LogP contribution in [0.3, 0.4) is 0 Å². The van der Waals surface area contributed by atoms with E-state index in [4.69, 9.17) is 4.74 Å². The van der Waals surface area contributed by atoms with Crippen molar-refractivity contribution < 1.29 is 4.74 Å². The van der Waals surface area contributed by atoms with E-state index in [9.17, 15) is 0 Å². The summed E-state index contributed by atoms with van der Waals surface area (Å²) in [6, 6.07) is 19.2. The average molecular weight is 324 g/mol. The van der Waals surface area contributed by atoms with E-state index < -0.39 is 0 Å². The molecule has 0 unspecified atom stereocenters. The van der Waals surface area contributed by atoms with Crippen molar-refractivity contribution in [2.24, 2.45) is 0 Å². The lowest BCUT2D eigenvalue weighted by molar-refractivity contribution is 0.261. The van der Waals surface area contributed by atoms with Gasteiger partial charge in [0, 0.05) is 12.2 Å². The first-order valence-electron chi connectivity index (χ1n) is 8.89. The molecule has 0 aromatic heterocycles. The van der Waals surface area contributed by atoms with Crippen molar-refractivity contribution in [2.75, 3.05) is 32.6 Å². The summed E-state index contributed by atoms with van der Waals surface area (Å²) < 4.78 is 5.78. The maximum Gasteiger partial charge on any atom is 0.119 e. The minimum Gasteiger partial charge on any atom is -0.492 e. The van der Waals surface area contributed by atoms with Gasteiger partial charge in [0.15, 0.2) is 0 Å². The van der Waals surface area contributed by atoms with Crippen molar-refractivity contribution in [3.63, 3.8) is 0 Å². The SMILES string of the molecule is CN(C)CCOc1ccc(NC2(c3ccccc3)CCCC2)cc1.